The van der Waals surface area contributed by atoms with Gasteiger partial charge >= 0.3 is 0 Å². The molecule has 0 amide bonds. The Hall–Kier alpha value is -1.57. The normalized spacial score (nSPS) is 19.4. The van der Waals surface area contributed by atoms with Gasteiger partial charge in [-0.05, 0) is 12.2 Å². The molecule has 2 rings (SSSR count). The SMILES string of the molecule is CC(C)(C)C1=CC(=C2C=CC(C(C)(C)C)=[NH+]2)C=C(C(C)(C)C)O1. The van der Waals surface area contributed by atoms with Gasteiger partial charge < -0.3 is 4.74 Å². The molecule has 0 aromatic heterocycles. The average molecular weight is 314 g/mol. The summed E-state index contributed by atoms with van der Waals surface area (Å²) in [6.45, 7) is 19.8. The van der Waals surface area contributed by atoms with E-state index in [0.29, 0.717) is 0 Å². The molecule has 1 N–H and O–H groups in total. The molecule has 0 radical (unpaired) electrons. The molecule has 0 atom stereocenters. The highest BCUT2D eigenvalue weighted by Crippen LogP contribution is 2.39. The fourth-order valence-electron chi connectivity index (χ4n) is 2.40. The Balaban J connectivity index is 2.55. The van der Waals surface area contributed by atoms with Crippen LogP contribution in [0, 0.1) is 16.2 Å². The molecule has 0 spiro atoms. The molecular formula is C21H32NO+. The molecule has 2 aliphatic heterocycles. The molecule has 0 saturated heterocycles. The van der Waals surface area contributed by atoms with Crippen LogP contribution in [-0.4, -0.2) is 5.71 Å². The first-order valence-corrected chi connectivity index (χ1v) is 8.47. The lowest BCUT2D eigenvalue weighted by molar-refractivity contribution is -0.391. The number of ether oxygens (including phenoxy) is 1. The number of nitrogens with one attached hydrogen (secondary N) is 1. The lowest BCUT2D eigenvalue weighted by Gasteiger charge is -2.32. The van der Waals surface area contributed by atoms with E-state index in [1.807, 2.05) is 0 Å². The van der Waals surface area contributed by atoms with Gasteiger partial charge in [0.25, 0.3) is 0 Å². The number of hydrogen-bond donors (Lipinski definition) is 1. The maximum Gasteiger partial charge on any atom is 0.211 e. The van der Waals surface area contributed by atoms with E-state index in [9.17, 15) is 0 Å². The Morgan fingerprint density at radius 3 is 1.52 bits per heavy atom. The van der Waals surface area contributed by atoms with Crippen LogP contribution in [0.3, 0.4) is 0 Å². The minimum atomic E-state index is -0.0184. The van der Waals surface area contributed by atoms with Gasteiger partial charge in [0, 0.05) is 28.4 Å². The van der Waals surface area contributed by atoms with Crippen molar-refractivity contribution >= 4 is 5.71 Å². The van der Waals surface area contributed by atoms with Gasteiger partial charge in [-0.15, -0.1) is 0 Å². The maximum atomic E-state index is 6.23. The molecule has 0 unspecified atom stereocenters. The van der Waals surface area contributed by atoms with Crippen LogP contribution in [0.4, 0.5) is 0 Å². The highest BCUT2D eigenvalue weighted by atomic mass is 16.5. The van der Waals surface area contributed by atoms with Crippen molar-refractivity contribution in [1.29, 1.82) is 0 Å². The molecule has 2 nitrogen and oxygen atoms in total. The zero-order chi connectivity index (χ0) is 17.6. The van der Waals surface area contributed by atoms with Crippen molar-refractivity contribution in [2.75, 3.05) is 0 Å². The summed E-state index contributed by atoms with van der Waals surface area (Å²) in [5, 5.41) is 0. The van der Waals surface area contributed by atoms with E-state index in [4.69, 9.17) is 4.74 Å². The van der Waals surface area contributed by atoms with Gasteiger partial charge in [-0.2, -0.15) is 0 Å². The predicted molar refractivity (Wildman–Crippen MR) is 97.8 cm³/mol. The van der Waals surface area contributed by atoms with Gasteiger partial charge in [0.15, 0.2) is 5.71 Å². The van der Waals surface area contributed by atoms with Gasteiger partial charge in [-0.3, -0.25) is 0 Å². The van der Waals surface area contributed by atoms with E-state index in [1.165, 1.54) is 11.3 Å². The van der Waals surface area contributed by atoms with E-state index in [-0.39, 0.29) is 16.2 Å². The molecule has 0 fully saturated rings. The van der Waals surface area contributed by atoms with Crippen molar-refractivity contribution in [1.82, 2.24) is 0 Å². The maximum absolute atomic E-state index is 6.23. The molecule has 0 bridgehead atoms. The first kappa shape index (κ1) is 17.8. The smallest absolute Gasteiger partial charge is 0.211 e. The number of rotatable bonds is 0. The Labute approximate surface area is 141 Å². The zero-order valence-electron chi connectivity index (χ0n) is 16.2. The summed E-state index contributed by atoms with van der Waals surface area (Å²) in [4.78, 5) is 3.59. The molecule has 0 aromatic rings. The van der Waals surface area contributed by atoms with Crippen LogP contribution in [0.25, 0.3) is 0 Å². The van der Waals surface area contributed by atoms with Crippen LogP contribution in [-0.2, 0) is 4.74 Å². The summed E-state index contributed by atoms with van der Waals surface area (Å²) < 4.78 is 6.23. The number of allylic oxidation sites excluding steroid dienone is 7. The van der Waals surface area contributed by atoms with Crippen molar-refractivity contribution in [2.24, 2.45) is 16.2 Å². The molecule has 126 valence electrons. The van der Waals surface area contributed by atoms with E-state index < -0.39 is 0 Å². The van der Waals surface area contributed by atoms with Crippen LogP contribution in [0.5, 0.6) is 0 Å². The van der Waals surface area contributed by atoms with Crippen molar-refractivity contribution < 1.29 is 9.73 Å². The van der Waals surface area contributed by atoms with Crippen LogP contribution in [0.1, 0.15) is 62.3 Å². The quantitative estimate of drug-likeness (QED) is 0.709. The molecule has 0 aromatic carbocycles. The largest absolute Gasteiger partial charge is 0.465 e. The minimum absolute atomic E-state index is 0.0184. The van der Waals surface area contributed by atoms with Gasteiger partial charge in [0.05, 0.1) is 5.57 Å². The molecule has 2 heterocycles. The van der Waals surface area contributed by atoms with Crippen LogP contribution in [0.15, 0.2) is 47.1 Å². The van der Waals surface area contributed by atoms with E-state index in [0.717, 1.165) is 17.2 Å². The van der Waals surface area contributed by atoms with Gasteiger partial charge in [-0.1, -0.05) is 62.3 Å². The Morgan fingerprint density at radius 2 is 1.17 bits per heavy atom. The van der Waals surface area contributed by atoms with Gasteiger partial charge in [-0.25, -0.2) is 4.99 Å². The Bertz CT molecular complexity index is 615. The fourth-order valence-corrected chi connectivity index (χ4v) is 2.40. The Morgan fingerprint density at radius 1 is 0.696 bits per heavy atom. The number of hydrogen-bond acceptors (Lipinski definition) is 1. The molecule has 2 aliphatic rings. The van der Waals surface area contributed by atoms with E-state index >= 15 is 0 Å². The molecule has 0 aliphatic carbocycles. The van der Waals surface area contributed by atoms with E-state index in [1.54, 1.807) is 0 Å². The van der Waals surface area contributed by atoms with Crippen molar-refractivity contribution in [3.05, 3.63) is 47.1 Å². The van der Waals surface area contributed by atoms with Crippen LogP contribution in [0.2, 0.25) is 0 Å². The van der Waals surface area contributed by atoms with Crippen LogP contribution >= 0.6 is 0 Å². The van der Waals surface area contributed by atoms with Gasteiger partial charge in [0.1, 0.15) is 11.5 Å². The second-order valence-electron chi connectivity index (χ2n) is 9.61. The summed E-state index contributed by atoms with van der Waals surface area (Å²) in [5.41, 5.74) is 3.69. The molecule has 23 heavy (non-hydrogen) atoms. The predicted octanol–water partition coefficient (Wildman–Crippen LogP) is 4.27. The first-order valence-electron chi connectivity index (χ1n) is 8.47. The fraction of sp³-hybridized carbons (Fsp3) is 0.571. The molecule has 0 saturated carbocycles. The Kier molecular flexibility index (Phi) is 4.26. The lowest BCUT2D eigenvalue weighted by atomic mass is 9.87. The second-order valence-corrected chi connectivity index (χ2v) is 9.61. The highest BCUT2D eigenvalue weighted by Gasteiger charge is 2.32. The van der Waals surface area contributed by atoms with Crippen molar-refractivity contribution in [3.63, 3.8) is 0 Å². The summed E-state index contributed by atoms with van der Waals surface area (Å²) in [7, 11) is 0. The minimum Gasteiger partial charge on any atom is -0.465 e. The third-order valence-electron chi connectivity index (χ3n) is 4.08. The summed E-state index contributed by atoms with van der Waals surface area (Å²) in [5.74, 6) is 2.04. The molecule has 2 heteroatoms. The monoisotopic (exact) mass is 314 g/mol. The third-order valence-corrected chi connectivity index (χ3v) is 4.08. The lowest BCUT2D eigenvalue weighted by Crippen LogP contribution is -2.70. The van der Waals surface area contributed by atoms with Crippen molar-refractivity contribution in [2.45, 2.75) is 62.3 Å². The summed E-state index contributed by atoms with van der Waals surface area (Å²) in [6, 6.07) is 0. The topological polar surface area (TPSA) is 23.2 Å². The molecular weight excluding hydrogens is 282 g/mol. The summed E-state index contributed by atoms with van der Waals surface area (Å²) >= 11 is 0. The average Bonchev–Trinajstić information content (AvgIpc) is 2.85. The van der Waals surface area contributed by atoms with Gasteiger partial charge in [0.2, 0.25) is 5.70 Å². The first-order chi connectivity index (χ1) is 10.3. The third kappa shape index (κ3) is 4.04. The zero-order valence-corrected chi connectivity index (χ0v) is 16.2. The standard InChI is InChI=1S/C21H31NO/c1-19(2,3)16-11-10-15(22-16)14-12-17(20(4,5)6)23-18(13-14)21(7,8)9/h10-13H,1-9H3/p+1. The van der Waals surface area contributed by atoms with Crippen LogP contribution < -0.4 is 4.99 Å². The van der Waals surface area contributed by atoms with Crippen molar-refractivity contribution in [3.8, 4) is 0 Å². The van der Waals surface area contributed by atoms with E-state index in [2.05, 4.69) is 91.6 Å². The highest BCUT2D eigenvalue weighted by molar-refractivity contribution is 5.96. The second kappa shape index (κ2) is 5.51. The summed E-state index contributed by atoms with van der Waals surface area (Å²) in [6.07, 6.45) is 8.71.